The normalized spacial score (nSPS) is 14.5. The zero-order chi connectivity index (χ0) is 19.8. The Morgan fingerprint density at radius 3 is 2.66 bits per heavy atom. The number of benzene rings is 1. The predicted octanol–water partition coefficient (Wildman–Crippen LogP) is 4.07. The van der Waals surface area contributed by atoms with E-state index in [9.17, 15) is 4.79 Å². The van der Waals surface area contributed by atoms with Gasteiger partial charge in [-0.3, -0.25) is 4.79 Å². The number of hydrogen-bond acceptors (Lipinski definition) is 5. The van der Waals surface area contributed by atoms with Gasteiger partial charge in [0, 0.05) is 49.2 Å². The van der Waals surface area contributed by atoms with Crippen LogP contribution in [0.3, 0.4) is 0 Å². The van der Waals surface area contributed by atoms with Crippen LogP contribution in [0.4, 0.5) is 5.69 Å². The van der Waals surface area contributed by atoms with Crippen molar-refractivity contribution in [2.45, 2.75) is 0 Å². The summed E-state index contributed by atoms with van der Waals surface area (Å²) < 4.78 is 1.75. The second kappa shape index (κ2) is 7.50. The Labute approximate surface area is 177 Å². The zero-order valence-corrected chi connectivity index (χ0v) is 17.1. The Hall–Kier alpha value is -2.90. The van der Waals surface area contributed by atoms with Crippen LogP contribution in [0.2, 0.25) is 5.02 Å². The van der Waals surface area contributed by atoms with Crippen LogP contribution in [-0.2, 0) is 0 Å². The SMILES string of the molecule is O=C(c1cc2nccc(-c3cccs3)n2n1)N1CCN(c2cccc(Cl)c2)CC1. The first-order valence-electron chi connectivity index (χ1n) is 9.37. The lowest BCUT2D eigenvalue weighted by Crippen LogP contribution is -2.48. The first kappa shape index (κ1) is 18.1. The number of rotatable bonds is 3. The Morgan fingerprint density at radius 1 is 1.03 bits per heavy atom. The lowest BCUT2D eigenvalue weighted by Gasteiger charge is -2.35. The Kier molecular flexibility index (Phi) is 4.69. The third-order valence-corrected chi connectivity index (χ3v) is 6.22. The smallest absolute Gasteiger partial charge is 0.274 e. The second-order valence-corrected chi connectivity index (χ2v) is 8.25. The van der Waals surface area contributed by atoms with E-state index in [-0.39, 0.29) is 5.91 Å². The van der Waals surface area contributed by atoms with Gasteiger partial charge < -0.3 is 9.80 Å². The van der Waals surface area contributed by atoms with Gasteiger partial charge in [0.25, 0.3) is 5.91 Å². The number of hydrogen-bond donors (Lipinski definition) is 0. The molecular weight excluding hydrogens is 406 g/mol. The third kappa shape index (κ3) is 3.47. The van der Waals surface area contributed by atoms with Crippen LogP contribution in [0.25, 0.3) is 16.2 Å². The lowest BCUT2D eigenvalue weighted by atomic mass is 10.2. The monoisotopic (exact) mass is 423 g/mol. The van der Waals surface area contributed by atoms with E-state index in [2.05, 4.69) is 15.0 Å². The molecule has 1 aliphatic rings. The summed E-state index contributed by atoms with van der Waals surface area (Å²) in [5, 5.41) is 7.32. The Morgan fingerprint density at radius 2 is 1.90 bits per heavy atom. The molecule has 6 nitrogen and oxygen atoms in total. The van der Waals surface area contributed by atoms with Crippen LogP contribution in [0, 0.1) is 0 Å². The fourth-order valence-corrected chi connectivity index (χ4v) is 4.53. The number of nitrogens with zero attached hydrogens (tertiary/aromatic N) is 5. The molecule has 0 bridgehead atoms. The molecule has 1 aliphatic heterocycles. The summed E-state index contributed by atoms with van der Waals surface area (Å²) in [6.07, 6.45) is 1.75. The van der Waals surface area contributed by atoms with Gasteiger partial charge in [0.1, 0.15) is 0 Å². The summed E-state index contributed by atoms with van der Waals surface area (Å²) >= 11 is 7.74. The van der Waals surface area contributed by atoms with Gasteiger partial charge in [0.2, 0.25) is 0 Å². The van der Waals surface area contributed by atoms with E-state index < -0.39 is 0 Å². The van der Waals surface area contributed by atoms with E-state index >= 15 is 0 Å². The fraction of sp³-hybridized carbons (Fsp3) is 0.190. The molecule has 146 valence electrons. The molecule has 8 heteroatoms. The molecule has 4 aromatic rings. The van der Waals surface area contributed by atoms with E-state index in [1.165, 1.54) is 0 Å². The van der Waals surface area contributed by atoms with Crippen LogP contribution in [0.15, 0.2) is 60.1 Å². The topological polar surface area (TPSA) is 53.7 Å². The minimum atomic E-state index is -0.0571. The highest BCUT2D eigenvalue weighted by Gasteiger charge is 2.25. The van der Waals surface area contributed by atoms with Crippen LogP contribution in [-0.4, -0.2) is 51.6 Å². The molecule has 0 radical (unpaired) electrons. The van der Waals surface area contributed by atoms with Crippen molar-refractivity contribution in [3.8, 4) is 10.6 Å². The number of carbonyl (C=O) groups excluding carboxylic acids is 1. The van der Waals surface area contributed by atoms with Crippen molar-refractivity contribution in [2.24, 2.45) is 0 Å². The van der Waals surface area contributed by atoms with Crippen molar-refractivity contribution in [3.05, 3.63) is 70.8 Å². The van der Waals surface area contributed by atoms with Gasteiger partial charge in [0.15, 0.2) is 11.3 Å². The molecule has 0 saturated carbocycles. The minimum Gasteiger partial charge on any atom is -0.368 e. The molecule has 1 fully saturated rings. The average molecular weight is 424 g/mol. The predicted molar refractivity (Wildman–Crippen MR) is 116 cm³/mol. The standard InChI is InChI=1S/C21H18ClN5OS/c22-15-3-1-4-16(13-15)25-8-10-26(11-9-25)21(28)17-14-20-23-7-6-18(27(20)24-17)19-5-2-12-29-19/h1-7,12-14H,8-11H2. The van der Waals surface area contributed by atoms with Crippen LogP contribution in [0.5, 0.6) is 0 Å². The number of halogens is 1. The molecule has 0 spiro atoms. The van der Waals surface area contributed by atoms with E-state index in [1.54, 1.807) is 28.1 Å². The molecule has 1 amide bonds. The van der Waals surface area contributed by atoms with Crippen LogP contribution < -0.4 is 4.90 Å². The summed E-state index contributed by atoms with van der Waals surface area (Å²) in [4.78, 5) is 22.6. The number of aromatic nitrogens is 3. The maximum absolute atomic E-state index is 13.0. The highest BCUT2D eigenvalue weighted by Crippen LogP contribution is 2.25. The second-order valence-electron chi connectivity index (χ2n) is 6.87. The zero-order valence-electron chi connectivity index (χ0n) is 15.5. The van der Waals surface area contributed by atoms with E-state index in [1.807, 2.05) is 52.7 Å². The fourth-order valence-electron chi connectivity index (χ4n) is 3.61. The molecule has 4 heterocycles. The maximum atomic E-state index is 13.0. The molecule has 0 unspecified atom stereocenters. The van der Waals surface area contributed by atoms with Gasteiger partial charge in [0.05, 0.1) is 10.6 Å². The summed E-state index contributed by atoms with van der Waals surface area (Å²) in [6, 6.07) is 15.5. The Balaban J connectivity index is 1.35. The van der Waals surface area contributed by atoms with Crippen molar-refractivity contribution < 1.29 is 4.79 Å². The quantitative estimate of drug-likeness (QED) is 0.498. The first-order valence-corrected chi connectivity index (χ1v) is 10.6. The van der Waals surface area contributed by atoms with Gasteiger partial charge >= 0.3 is 0 Å². The molecule has 1 saturated heterocycles. The number of thiophene rings is 1. The van der Waals surface area contributed by atoms with Crippen molar-refractivity contribution in [1.29, 1.82) is 0 Å². The van der Waals surface area contributed by atoms with E-state index in [0.29, 0.717) is 24.4 Å². The van der Waals surface area contributed by atoms with E-state index in [4.69, 9.17) is 11.6 Å². The number of anilines is 1. The van der Waals surface area contributed by atoms with Gasteiger partial charge in [-0.1, -0.05) is 23.7 Å². The maximum Gasteiger partial charge on any atom is 0.274 e. The van der Waals surface area contributed by atoms with Crippen molar-refractivity contribution >= 4 is 40.2 Å². The molecule has 0 atom stereocenters. The molecule has 0 N–H and O–H groups in total. The Bertz CT molecular complexity index is 1170. The lowest BCUT2D eigenvalue weighted by molar-refractivity contribution is 0.0740. The van der Waals surface area contributed by atoms with Crippen LogP contribution in [0.1, 0.15) is 10.5 Å². The molecule has 3 aromatic heterocycles. The summed E-state index contributed by atoms with van der Waals surface area (Å²) in [6.45, 7) is 2.81. The molecule has 1 aromatic carbocycles. The van der Waals surface area contributed by atoms with Crippen molar-refractivity contribution in [1.82, 2.24) is 19.5 Å². The number of amides is 1. The van der Waals surface area contributed by atoms with Gasteiger partial charge in [-0.15, -0.1) is 11.3 Å². The molecule has 5 rings (SSSR count). The summed E-state index contributed by atoms with van der Waals surface area (Å²) in [7, 11) is 0. The molecule has 29 heavy (non-hydrogen) atoms. The van der Waals surface area contributed by atoms with Crippen molar-refractivity contribution in [2.75, 3.05) is 31.1 Å². The van der Waals surface area contributed by atoms with Gasteiger partial charge in [-0.2, -0.15) is 5.10 Å². The molecule has 0 aliphatic carbocycles. The van der Waals surface area contributed by atoms with Gasteiger partial charge in [-0.25, -0.2) is 9.50 Å². The summed E-state index contributed by atoms with van der Waals surface area (Å²) in [5.74, 6) is -0.0571. The van der Waals surface area contributed by atoms with Crippen LogP contribution >= 0.6 is 22.9 Å². The minimum absolute atomic E-state index is 0.0571. The largest absolute Gasteiger partial charge is 0.368 e. The van der Waals surface area contributed by atoms with Crippen molar-refractivity contribution in [3.63, 3.8) is 0 Å². The number of carbonyl (C=O) groups is 1. The average Bonchev–Trinajstić information content (AvgIpc) is 3.43. The third-order valence-electron chi connectivity index (χ3n) is 5.09. The highest BCUT2D eigenvalue weighted by atomic mass is 35.5. The summed E-state index contributed by atoms with van der Waals surface area (Å²) in [5.41, 5.74) is 3.13. The number of fused-ring (bicyclic) bond motifs is 1. The number of piperazine rings is 1. The van der Waals surface area contributed by atoms with E-state index in [0.717, 1.165) is 34.4 Å². The molecular formula is C21H18ClN5OS. The highest BCUT2D eigenvalue weighted by molar-refractivity contribution is 7.13. The first-order chi connectivity index (χ1) is 14.2. The van der Waals surface area contributed by atoms with Gasteiger partial charge in [-0.05, 0) is 35.7 Å².